The van der Waals surface area contributed by atoms with Gasteiger partial charge in [0, 0.05) is 17.3 Å². The van der Waals surface area contributed by atoms with E-state index in [4.69, 9.17) is 29.6 Å². The summed E-state index contributed by atoms with van der Waals surface area (Å²) in [6, 6.07) is 8.16. The van der Waals surface area contributed by atoms with Crippen LogP contribution < -0.4 is 16.4 Å². The topological polar surface area (TPSA) is 159 Å². The van der Waals surface area contributed by atoms with E-state index in [1.807, 2.05) is 20.8 Å². The highest BCUT2D eigenvalue weighted by Gasteiger charge is 2.25. The third-order valence-electron chi connectivity index (χ3n) is 5.38. The Morgan fingerprint density at radius 1 is 1.13 bits per heavy atom. The molecule has 39 heavy (non-hydrogen) atoms. The largest absolute Gasteiger partial charge is 0.389 e. The number of thiocarbonyl (C=S) groups is 1. The van der Waals surface area contributed by atoms with Crippen LogP contribution in [-0.4, -0.2) is 57.3 Å². The van der Waals surface area contributed by atoms with Crippen molar-refractivity contribution in [2.45, 2.75) is 46.7 Å². The molecule has 0 aliphatic rings. The first-order valence-electron chi connectivity index (χ1n) is 11.8. The molecule has 0 fully saturated rings. The molecule has 3 aromatic heterocycles. The van der Waals surface area contributed by atoms with E-state index in [0.717, 1.165) is 0 Å². The van der Waals surface area contributed by atoms with E-state index < -0.39 is 17.4 Å². The zero-order chi connectivity index (χ0) is 28.5. The van der Waals surface area contributed by atoms with Gasteiger partial charge in [0.2, 0.25) is 0 Å². The van der Waals surface area contributed by atoms with Crippen molar-refractivity contribution in [3.63, 3.8) is 0 Å². The van der Waals surface area contributed by atoms with Gasteiger partial charge in [0.25, 0.3) is 11.8 Å². The number of nitrogens with one attached hydrogen (secondary N) is 2. The summed E-state index contributed by atoms with van der Waals surface area (Å²) in [5.41, 5.74) is 7.53. The van der Waals surface area contributed by atoms with Gasteiger partial charge < -0.3 is 16.4 Å². The molecular weight excluding hydrogens is 540 g/mol. The number of nitrogens with zero attached hydrogens (tertiary/aromatic N) is 7. The van der Waals surface area contributed by atoms with Crippen molar-refractivity contribution >= 4 is 46.3 Å². The molecule has 202 valence electrons. The van der Waals surface area contributed by atoms with Crippen LogP contribution in [0.1, 0.15) is 64.3 Å². The van der Waals surface area contributed by atoms with E-state index in [1.54, 1.807) is 50.4 Å². The second-order valence-electron chi connectivity index (χ2n) is 9.85. The summed E-state index contributed by atoms with van der Waals surface area (Å²) < 4.78 is 1.34. The zero-order valence-corrected chi connectivity index (χ0v) is 23.6. The summed E-state index contributed by atoms with van der Waals surface area (Å²) >= 11 is 11.5. The molecule has 14 heteroatoms. The normalized spacial score (nSPS) is 11.3. The summed E-state index contributed by atoms with van der Waals surface area (Å²) in [7, 11) is 0. The second-order valence-corrected chi connectivity index (χ2v) is 10.7. The predicted molar refractivity (Wildman–Crippen MR) is 150 cm³/mol. The average molecular weight is 567 g/mol. The number of halogens is 1. The lowest BCUT2D eigenvalue weighted by Gasteiger charge is -2.23. The average Bonchev–Trinajstić information content (AvgIpc) is 3.45. The number of carbonyl (C=O) groups excluding carboxylic acids is 2. The summed E-state index contributed by atoms with van der Waals surface area (Å²) in [6.07, 6.45) is 1.54. The fourth-order valence-corrected chi connectivity index (χ4v) is 4.08. The molecule has 0 spiro atoms. The number of rotatable bonds is 7. The van der Waals surface area contributed by atoms with Gasteiger partial charge in [0.15, 0.2) is 11.6 Å². The minimum absolute atomic E-state index is 0.127. The number of amides is 2. The Balaban J connectivity index is 1.78. The molecule has 0 aliphatic heterocycles. The van der Waals surface area contributed by atoms with E-state index in [1.165, 1.54) is 9.48 Å². The zero-order valence-electron chi connectivity index (χ0n) is 22.0. The number of pyridine rings is 1. The lowest BCUT2D eigenvalue weighted by Crippen LogP contribution is -2.41. The first kappa shape index (κ1) is 27.8. The number of aromatic nitrogens is 7. The first-order chi connectivity index (χ1) is 18.3. The van der Waals surface area contributed by atoms with Crippen LogP contribution in [0.15, 0.2) is 36.5 Å². The minimum Gasteiger partial charge on any atom is -0.389 e. The number of benzene rings is 1. The maximum atomic E-state index is 13.7. The molecule has 0 unspecified atom stereocenters. The molecule has 0 bridgehead atoms. The van der Waals surface area contributed by atoms with Crippen molar-refractivity contribution in [2.24, 2.45) is 5.73 Å². The number of hydrogen-bond donors (Lipinski definition) is 3. The summed E-state index contributed by atoms with van der Waals surface area (Å²) in [5.74, 6) is -0.190. The van der Waals surface area contributed by atoms with Gasteiger partial charge in [0.1, 0.15) is 17.2 Å². The van der Waals surface area contributed by atoms with Gasteiger partial charge in [-0.15, -0.1) is 10.2 Å². The van der Waals surface area contributed by atoms with Crippen LogP contribution in [0.2, 0.25) is 5.02 Å². The predicted octanol–water partition coefficient (Wildman–Crippen LogP) is 2.99. The van der Waals surface area contributed by atoms with Crippen LogP contribution in [0.5, 0.6) is 0 Å². The molecule has 2 amide bonds. The van der Waals surface area contributed by atoms with Crippen molar-refractivity contribution in [1.29, 1.82) is 0 Å². The van der Waals surface area contributed by atoms with Gasteiger partial charge in [0.05, 0.1) is 22.0 Å². The maximum absolute atomic E-state index is 13.7. The Kier molecular flexibility index (Phi) is 7.74. The van der Waals surface area contributed by atoms with E-state index in [0.29, 0.717) is 28.3 Å². The molecule has 4 aromatic rings. The molecule has 4 rings (SSSR count). The SMILES string of the molecule is Cc1nnn(Cc2cc(C(=O)Nc3c(C)cc(C(N)=S)cc3C(=O)NC(C)(C)C)n(-c3ncccc3Cl)n2)n1. The molecule has 0 aliphatic carbocycles. The Labute approximate surface area is 234 Å². The number of carbonyl (C=O) groups is 2. The van der Waals surface area contributed by atoms with Crippen LogP contribution >= 0.6 is 23.8 Å². The summed E-state index contributed by atoms with van der Waals surface area (Å²) in [6.45, 7) is 9.19. The summed E-state index contributed by atoms with van der Waals surface area (Å²) in [5, 5.41) is 22.6. The number of aryl methyl sites for hydroxylation is 2. The van der Waals surface area contributed by atoms with Crippen LogP contribution in [0.25, 0.3) is 5.82 Å². The van der Waals surface area contributed by atoms with Gasteiger partial charge in [-0.1, -0.05) is 23.8 Å². The van der Waals surface area contributed by atoms with Crippen LogP contribution in [0.3, 0.4) is 0 Å². The van der Waals surface area contributed by atoms with Gasteiger partial charge >= 0.3 is 0 Å². The van der Waals surface area contributed by atoms with E-state index >= 15 is 0 Å². The van der Waals surface area contributed by atoms with Crippen molar-refractivity contribution in [2.75, 3.05) is 5.32 Å². The highest BCUT2D eigenvalue weighted by Crippen LogP contribution is 2.26. The lowest BCUT2D eigenvalue weighted by atomic mass is 10.0. The monoisotopic (exact) mass is 566 g/mol. The van der Waals surface area contributed by atoms with Crippen LogP contribution in [-0.2, 0) is 6.54 Å². The van der Waals surface area contributed by atoms with E-state index in [9.17, 15) is 9.59 Å². The minimum atomic E-state index is -0.547. The Hall–Kier alpha value is -4.23. The van der Waals surface area contributed by atoms with E-state index in [2.05, 4.69) is 36.1 Å². The molecule has 0 saturated heterocycles. The number of nitrogens with two attached hydrogens (primary N) is 1. The smallest absolute Gasteiger partial charge is 0.274 e. The molecule has 0 radical (unpaired) electrons. The van der Waals surface area contributed by atoms with Gasteiger partial charge in [-0.25, -0.2) is 9.67 Å². The number of tetrazole rings is 1. The third kappa shape index (κ3) is 6.44. The molecule has 1 aromatic carbocycles. The molecule has 4 N–H and O–H groups in total. The van der Waals surface area contributed by atoms with Crippen molar-refractivity contribution in [1.82, 2.24) is 40.3 Å². The van der Waals surface area contributed by atoms with Crippen molar-refractivity contribution in [3.8, 4) is 5.82 Å². The number of anilines is 1. The lowest BCUT2D eigenvalue weighted by molar-refractivity contribution is 0.0920. The Morgan fingerprint density at radius 3 is 2.49 bits per heavy atom. The molecule has 12 nitrogen and oxygen atoms in total. The Morgan fingerprint density at radius 2 is 1.87 bits per heavy atom. The highest BCUT2D eigenvalue weighted by atomic mass is 35.5. The molecule has 3 heterocycles. The van der Waals surface area contributed by atoms with Crippen LogP contribution in [0, 0.1) is 13.8 Å². The van der Waals surface area contributed by atoms with E-state index in [-0.39, 0.29) is 33.6 Å². The van der Waals surface area contributed by atoms with Gasteiger partial charge in [-0.05, 0) is 75.7 Å². The van der Waals surface area contributed by atoms with Gasteiger partial charge in [-0.2, -0.15) is 9.90 Å². The first-order valence-corrected chi connectivity index (χ1v) is 12.6. The van der Waals surface area contributed by atoms with Crippen LogP contribution in [0.4, 0.5) is 5.69 Å². The Bertz CT molecular complexity index is 1590. The number of hydrogen-bond acceptors (Lipinski definition) is 8. The van der Waals surface area contributed by atoms with Crippen molar-refractivity contribution < 1.29 is 9.59 Å². The highest BCUT2D eigenvalue weighted by molar-refractivity contribution is 7.80. The maximum Gasteiger partial charge on any atom is 0.274 e. The van der Waals surface area contributed by atoms with Crippen molar-refractivity contribution in [3.05, 3.63) is 75.5 Å². The third-order valence-corrected chi connectivity index (χ3v) is 5.91. The fraction of sp³-hybridized carbons (Fsp3) is 0.280. The quantitative estimate of drug-likeness (QED) is 0.286. The standard InChI is InChI=1S/C25H27ClN10O2S/c1-13-9-15(21(27)39)10-17(23(37)30-25(3,4)5)20(13)29-24(38)19-11-16(12-35-32-14(2)31-34-35)33-36(19)22-18(26)7-6-8-28-22/h6-11H,12H2,1-5H3,(H2,27,39)(H,29,38)(H,30,37). The molecule has 0 atom stereocenters. The fourth-order valence-electron chi connectivity index (χ4n) is 3.76. The molecular formula is C25H27ClN10O2S. The van der Waals surface area contributed by atoms with Gasteiger partial charge in [-0.3, -0.25) is 9.59 Å². The summed E-state index contributed by atoms with van der Waals surface area (Å²) in [4.78, 5) is 32.8. The second kappa shape index (κ2) is 10.9. The molecule has 0 saturated carbocycles.